The predicted octanol–water partition coefficient (Wildman–Crippen LogP) is 2.26. The molecule has 13 heavy (non-hydrogen) atoms. The van der Waals surface area contributed by atoms with Crippen molar-refractivity contribution in [2.24, 2.45) is 0 Å². The summed E-state index contributed by atoms with van der Waals surface area (Å²) in [4.78, 5) is 0. The molecule has 1 radical (unpaired) electrons. The number of allylic oxidation sites excluding steroid dienone is 1. The molecule has 1 aliphatic heterocycles. The standard InChI is InChI=1S/C11H11OTe/c1-2-10-8-11(12-13-10)9-6-4-3-5-7-9/h3-8H,2H2,1H3. The van der Waals surface area contributed by atoms with Crippen LogP contribution in [-0.4, -0.2) is 24.4 Å². The molecule has 0 unspecified atom stereocenters. The Balaban J connectivity index is 2.23. The van der Waals surface area contributed by atoms with Crippen LogP contribution in [0.15, 0.2) is 36.4 Å². The SMILES string of the molecule is CCC1=[Te]OC(c2ccccc2)=C1. The first-order valence-corrected chi connectivity index (χ1v) is 6.49. The van der Waals surface area contributed by atoms with Crippen LogP contribution in [-0.2, 0) is 3.10 Å². The van der Waals surface area contributed by atoms with Gasteiger partial charge in [0.1, 0.15) is 0 Å². The second-order valence-electron chi connectivity index (χ2n) is 2.86. The molecule has 1 aromatic carbocycles. The van der Waals surface area contributed by atoms with Crippen LogP contribution < -0.4 is 0 Å². The predicted molar refractivity (Wildman–Crippen MR) is 56.6 cm³/mol. The summed E-state index contributed by atoms with van der Waals surface area (Å²) in [5, 5.41) is 0. The van der Waals surface area contributed by atoms with Gasteiger partial charge in [0.25, 0.3) is 0 Å². The third-order valence-electron chi connectivity index (χ3n) is 1.94. The van der Waals surface area contributed by atoms with Crippen LogP contribution in [0.1, 0.15) is 18.9 Å². The van der Waals surface area contributed by atoms with Crippen molar-refractivity contribution in [1.29, 1.82) is 0 Å². The van der Waals surface area contributed by atoms with E-state index in [1.165, 1.54) is 9.11 Å². The van der Waals surface area contributed by atoms with E-state index in [0.29, 0.717) is 0 Å². The quantitative estimate of drug-likeness (QED) is 0.758. The summed E-state index contributed by atoms with van der Waals surface area (Å²) >= 11 is -0.335. The third kappa shape index (κ3) is 2.02. The van der Waals surface area contributed by atoms with Crippen LogP contribution in [0.25, 0.3) is 5.76 Å². The van der Waals surface area contributed by atoms with E-state index in [0.717, 1.165) is 12.2 Å². The molecule has 0 aliphatic carbocycles. The van der Waals surface area contributed by atoms with Crippen LogP contribution in [0.4, 0.5) is 0 Å². The molecule has 1 aliphatic rings. The van der Waals surface area contributed by atoms with Crippen LogP contribution in [0.5, 0.6) is 0 Å². The summed E-state index contributed by atoms with van der Waals surface area (Å²) in [7, 11) is 0. The van der Waals surface area contributed by atoms with Crippen LogP contribution >= 0.6 is 0 Å². The summed E-state index contributed by atoms with van der Waals surface area (Å²) in [6.45, 7) is 2.19. The number of hydrogen-bond donors (Lipinski definition) is 0. The maximum absolute atomic E-state index is 5.70. The van der Waals surface area contributed by atoms with Gasteiger partial charge in [-0.25, -0.2) is 0 Å². The first-order chi connectivity index (χ1) is 6.40. The van der Waals surface area contributed by atoms with Gasteiger partial charge in [0.15, 0.2) is 0 Å². The molecule has 2 heteroatoms. The molecular weight excluding hydrogens is 276 g/mol. The zero-order valence-corrected chi connectivity index (χ0v) is 9.82. The summed E-state index contributed by atoms with van der Waals surface area (Å²) in [5.74, 6) is 1.07. The molecule has 67 valence electrons. The molecule has 0 saturated carbocycles. The maximum atomic E-state index is 5.70. The number of hydrogen-bond acceptors (Lipinski definition) is 1. The fourth-order valence-electron chi connectivity index (χ4n) is 1.19. The number of rotatable bonds is 2. The van der Waals surface area contributed by atoms with Crippen molar-refractivity contribution >= 4 is 30.2 Å². The molecule has 0 atom stereocenters. The molecule has 1 heterocycles. The van der Waals surface area contributed by atoms with Crippen LogP contribution in [0, 0.1) is 0 Å². The molecule has 0 aromatic heterocycles. The molecule has 0 spiro atoms. The minimum atomic E-state index is -0.335. The van der Waals surface area contributed by atoms with E-state index in [4.69, 9.17) is 3.10 Å². The third-order valence-corrected chi connectivity index (χ3v) is 4.46. The Morgan fingerprint density at radius 1 is 1.23 bits per heavy atom. The van der Waals surface area contributed by atoms with Crippen LogP contribution in [0.2, 0.25) is 0 Å². The van der Waals surface area contributed by atoms with Gasteiger partial charge in [-0.05, 0) is 0 Å². The summed E-state index contributed by atoms with van der Waals surface area (Å²) in [5.41, 5.74) is 1.20. The van der Waals surface area contributed by atoms with Crippen molar-refractivity contribution in [3.05, 3.63) is 42.0 Å². The Bertz CT molecular complexity index is 352. The molecule has 1 nitrogen and oxygen atoms in total. The second-order valence-corrected chi connectivity index (χ2v) is 5.31. The fourth-order valence-corrected chi connectivity index (χ4v) is 2.94. The van der Waals surface area contributed by atoms with Crippen molar-refractivity contribution in [2.45, 2.75) is 13.3 Å². The Labute approximate surface area is 88.5 Å². The van der Waals surface area contributed by atoms with E-state index in [1.54, 1.807) is 0 Å². The Kier molecular flexibility index (Phi) is 2.83. The van der Waals surface area contributed by atoms with Crippen molar-refractivity contribution in [3.8, 4) is 0 Å². The molecule has 0 amide bonds. The molecule has 0 saturated heterocycles. The first kappa shape index (κ1) is 8.99. The molecule has 0 fully saturated rings. The van der Waals surface area contributed by atoms with Crippen LogP contribution in [0.3, 0.4) is 0 Å². The number of benzene rings is 1. The van der Waals surface area contributed by atoms with Gasteiger partial charge < -0.3 is 0 Å². The normalized spacial score (nSPS) is 14.8. The van der Waals surface area contributed by atoms with Crippen molar-refractivity contribution < 1.29 is 3.10 Å². The van der Waals surface area contributed by atoms with Crippen molar-refractivity contribution in [2.75, 3.05) is 0 Å². The molecule has 0 N–H and O–H groups in total. The van der Waals surface area contributed by atoms with E-state index >= 15 is 0 Å². The zero-order chi connectivity index (χ0) is 9.10. The summed E-state index contributed by atoms with van der Waals surface area (Å²) in [6, 6.07) is 10.3. The van der Waals surface area contributed by atoms with E-state index in [2.05, 4.69) is 25.1 Å². The van der Waals surface area contributed by atoms with Gasteiger partial charge in [-0.15, -0.1) is 0 Å². The Morgan fingerprint density at radius 2 is 2.00 bits per heavy atom. The molecular formula is C11H11OTe. The zero-order valence-electron chi connectivity index (χ0n) is 7.49. The van der Waals surface area contributed by atoms with Crippen molar-refractivity contribution in [1.82, 2.24) is 0 Å². The van der Waals surface area contributed by atoms with Gasteiger partial charge in [0.05, 0.1) is 0 Å². The molecule has 1 aromatic rings. The minimum absolute atomic E-state index is 0.335. The monoisotopic (exact) mass is 289 g/mol. The second kappa shape index (κ2) is 4.09. The Hall–Kier alpha value is -0.580. The summed E-state index contributed by atoms with van der Waals surface area (Å²) in [6.07, 6.45) is 3.34. The Morgan fingerprint density at radius 3 is 2.62 bits per heavy atom. The van der Waals surface area contributed by atoms with E-state index in [9.17, 15) is 0 Å². The van der Waals surface area contributed by atoms with Crippen molar-refractivity contribution in [3.63, 3.8) is 0 Å². The van der Waals surface area contributed by atoms with Gasteiger partial charge in [0, 0.05) is 0 Å². The topological polar surface area (TPSA) is 9.23 Å². The molecule has 0 bridgehead atoms. The average Bonchev–Trinajstić information content (AvgIpc) is 2.67. The van der Waals surface area contributed by atoms with E-state index in [1.807, 2.05) is 18.2 Å². The van der Waals surface area contributed by atoms with Gasteiger partial charge in [-0.1, -0.05) is 0 Å². The van der Waals surface area contributed by atoms with E-state index < -0.39 is 0 Å². The van der Waals surface area contributed by atoms with Gasteiger partial charge in [-0.2, -0.15) is 0 Å². The van der Waals surface area contributed by atoms with E-state index in [-0.39, 0.29) is 20.9 Å². The average molecular weight is 287 g/mol. The van der Waals surface area contributed by atoms with Gasteiger partial charge in [0.2, 0.25) is 0 Å². The van der Waals surface area contributed by atoms with Gasteiger partial charge >= 0.3 is 88.6 Å². The fraction of sp³-hybridized carbons (Fsp3) is 0.182. The summed E-state index contributed by atoms with van der Waals surface area (Å²) < 4.78 is 7.20. The first-order valence-electron chi connectivity index (χ1n) is 4.37. The molecule has 2 rings (SSSR count). The van der Waals surface area contributed by atoms with Gasteiger partial charge in [-0.3, -0.25) is 0 Å².